The van der Waals surface area contributed by atoms with Crippen LogP contribution in [0.2, 0.25) is 0 Å². The molecule has 0 spiro atoms. The number of phenolic OH excluding ortho intramolecular Hbond substituents is 1. The SMILES string of the molecule is Cc1cccc(N(C)C2CCCc3cc(O)ccc32)c1. The minimum absolute atomic E-state index is 0.377. The fourth-order valence-electron chi connectivity index (χ4n) is 3.20. The fourth-order valence-corrected chi connectivity index (χ4v) is 3.20. The quantitative estimate of drug-likeness (QED) is 0.881. The summed E-state index contributed by atoms with van der Waals surface area (Å²) < 4.78 is 0. The van der Waals surface area contributed by atoms with E-state index in [-0.39, 0.29) is 0 Å². The number of rotatable bonds is 2. The Balaban J connectivity index is 1.96. The first-order valence-corrected chi connectivity index (χ1v) is 7.26. The van der Waals surface area contributed by atoms with Crippen LogP contribution in [-0.4, -0.2) is 12.2 Å². The Morgan fingerprint density at radius 1 is 1.15 bits per heavy atom. The zero-order chi connectivity index (χ0) is 14.1. The van der Waals surface area contributed by atoms with Gasteiger partial charge in [-0.25, -0.2) is 0 Å². The Morgan fingerprint density at radius 3 is 2.80 bits per heavy atom. The third-order valence-electron chi connectivity index (χ3n) is 4.29. The zero-order valence-corrected chi connectivity index (χ0v) is 12.1. The molecule has 1 aliphatic carbocycles. The van der Waals surface area contributed by atoms with E-state index in [1.807, 2.05) is 6.07 Å². The highest BCUT2D eigenvalue weighted by molar-refractivity contribution is 5.52. The highest BCUT2D eigenvalue weighted by Crippen LogP contribution is 2.37. The summed E-state index contributed by atoms with van der Waals surface area (Å²) in [6, 6.07) is 14.9. The molecule has 0 radical (unpaired) electrons. The molecule has 2 aromatic carbocycles. The van der Waals surface area contributed by atoms with Crippen molar-refractivity contribution in [3.8, 4) is 5.75 Å². The van der Waals surface area contributed by atoms with E-state index in [1.54, 1.807) is 6.07 Å². The van der Waals surface area contributed by atoms with Crippen LogP contribution in [-0.2, 0) is 6.42 Å². The van der Waals surface area contributed by atoms with Crippen molar-refractivity contribution in [1.29, 1.82) is 0 Å². The maximum absolute atomic E-state index is 9.65. The van der Waals surface area contributed by atoms with Gasteiger partial charge in [0.2, 0.25) is 0 Å². The molecule has 0 bridgehead atoms. The van der Waals surface area contributed by atoms with Crippen molar-refractivity contribution in [1.82, 2.24) is 0 Å². The zero-order valence-electron chi connectivity index (χ0n) is 12.1. The van der Waals surface area contributed by atoms with Gasteiger partial charge in [-0.05, 0) is 67.1 Å². The molecule has 1 unspecified atom stereocenters. The Labute approximate surface area is 120 Å². The summed E-state index contributed by atoms with van der Waals surface area (Å²) in [7, 11) is 2.17. The number of hydrogen-bond donors (Lipinski definition) is 1. The summed E-state index contributed by atoms with van der Waals surface area (Å²) in [6.07, 6.45) is 3.42. The molecule has 20 heavy (non-hydrogen) atoms. The summed E-state index contributed by atoms with van der Waals surface area (Å²) >= 11 is 0. The first-order chi connectivity index (χ1) is 9.65. The fraction of sp³-hybridized carbons (Fsp3) is 0.333. The molecular formula is C18H21NO. The van der Waals surface area contributed by atoms with Crippen LogP contribution in [0.4, 0.5) is 5.69 Å². The second kappa shape index (κ2) is 5.20. The van der Waals surface area contributed by atoms with Crippen molar-refractivity contribution in [2.45, 2.75) is 32.2 Å². The molecule has 2 nitrogen and oxygen atoms in total. The highest BCUT2D eigenvalue weighted by Gasteiger charge is 2.24. The molecule has 0 fully saturated rings. The third-order valence-corrected chi connectivity index (χ3v) is 4.29. The van der Waals surface area contributed by atoms with Crippen LogP contribution in [0.15, 0.2) is 42.5 Å². The van der Waals surface area contributed by atoms with Gasteiger partial charge in [0.05, 0.1) is 6.04 Å². The molecule has 0 amide bonds. The Bertz CT molecular complexity index is 621. The van der Waals surface area contributed by atoms with Crippen molar-refractivity contribution >= 4 is 5.69 Å². The number of fused-ring (bicyclic) bond motifs is 1. The average molecular weight is 267 g/mol. The van der Waals surface area contributed by atoms with E-state index < -0.39 is 0 Å². The predicted molar refractivity (Wildman–Crippen MR) is 83.4 cm³/mol. The molecule has 104 valence electrons. The standard InChI is InChI=1S/C18H21NO/c1-13-5-3-7-15(11-13)19(2)18-8-4-6-14-12-16(20)9-10-17(14)18/h3,5,7,9-12,18,20H,4,6,8H2,1-2H3. The van der Waals surface area contributed by atoms with Gasteiger partial charge >= 0.3 is 0 Å². The van der Waals surface area contributed by atoms with Crippen molar-refractivity contribution < 1.29 is 5.11 Å². The van der Waals surface area contributed by atoms with Crippen molar-refractivity contribution in [2.75, 3.05) is 11.9 Å². The maximum atomic E-state index is 9.65. The van der Waals surface area contributed by atoms with Crippen molar-refractivity contribution in [3.05, 3.63) is 59.2 Å². The Morgan fingerprint density at radius 2 is 2.00 bits per heavy atom. The van der Waals surface area contributed by atoms with E-state index in [2.05, 4.69) is 49.2 Å². The largest absolute Gasteiger partial charge is 0.508 e. The van der Waals surface area contributed by atoms with E-state index in [4.69, 9.17) is 0 Å². The van der Waals surface area contributed by atoms with Gasteiger partial charge in [0, 0.05) is 12.7 Å². The van der Waals surface area contributed by atoms with Crippen molar-refractivity contribution in [3.63, 3.8) is 0 Å². The second-order valence-corrected chi connectivity index (χ2v) is 5.74. The van der Waals surface area contributed by atoms with Crippen LogP contribution in [0, 0.1) is 6.92 Å². The van der Waals surface area contributed by atoms with E-state index in [1.165, 1.54) is 35.2 Å². The predicted octanol–water partition coefficient (Wildman–Crippen LogP) is 4.21. The number of aryl methyl sites for hydroxylation is 2. The maximum Gasteiger partial charge on any atom is 0.115 e. The summed E-state index contributed by atoms with van der Waals surface area (Å²) in [5.74, 6) is 0.377. The first kappa shape index (κ1) is 13.0. The number of anilines is 1. The van der Waals surface area contributed by atoms with Gasteiger partial charge < -0.3 is 10.0 Å². The third kappa shape index (κ3) is 2.38. The molecule has 0 heterocycles. The lowest BCUT2D eigenvalue weighted by Gasteiger charge is -2.35. The summed E-state index contributed by atoms with van der Waals surface area (Å²) in [6.45, 7) is 2.13. The van der Waals surface area contributed by atoms with Crippen LogP contribution in [0.3, 0.4) is 0 Å². The van der Waals surface area contributed by atoms with Crippen LogP contribution < -0.4 is 4.90 Å². The van der Waals surface area contributed by atoms with Crippen LogP contribution in [0.5, 0.6) is 5.75 Å². The van der Waals surface area contributed by atoms with Gasteiger partial charge in [-0.3, -0.25) is 0 Å². The number of nitrogens with zero attached hydrogens (tertiary/aromatic N) is 1. The monoisotopic (exact) mass is 267 g/mol. The lowest BCUT2D eigenvalue weighted by Crippen LogP contribution is -2.27. The van der Waals surface area contributed by atoms with Crippen LogP contribution >= 0.6 is 0 Å². The van der Waals surface area contributed by atoms with Gasteiger partial charge in [-0.1, -0.05) is 18.2 Å². The van der Waals surface area contributed by atoms with Crippen LogP contribution in [0.25, 0.3) is 0 Å². The first-order valence-electron chi connectivity index (χ1n) is 7.26. The number of phenols is 1. The summed E-state index contributed by atoms with van der Waals surface area (Å²) in [5, 5.41) is 9.65. The molecule has 0 saturated carbocycles. The molecule has 0 saturated heterocycles. The number of hydrogen-bond acceptors (Lipinski definition) is 2. The van der Waals surface area contributed by atoms with E-state index in [0.717, 1.165) is 6.42 Å². The highest BCUT2D eigenvalue weighted by atomic mass is 16.3. The lowest BCUT2D eigenvalue weighted by molar-refractivity contribution is 0.470. The Kier molecular flexibility index (Phi) is 3.39. The smallest absolute Gasteiger partial charge is 0.115 e. The van der Waals surface area contributed by atoms with Gasteiger partial charge in [0.15, 0.2) is 0 Å². The molecule has 2 heteroatoms. The van der Waals surface area contributed by atoms with Gasteiger partial charge in [0.1, 0.15) is 5.75 Å². The number of aromatic hydroxyl groups is 1. The summed E-state index contributed by atoms with van der Waals surface area (Å²) in [5.41, 5.74) is 5.20. The molecular weight excluding hydrogens is 246 g/mol. The number of benzene rings is 2. The normalized spacial score (nSPS) is 17.6. The van der Waals surface area contributed by atoms with Gasteiger partial charge in [-0.2, -0.15) is 0 Å². The molecule has 3 rings (SSSR count). The van der Waals surface area contributed by atoms with E-state index >= 15 is 0 Å². The topological polar surface area (TPSA) is 23.5 Å². The Hall–Kier alpha value is -1.96. The summed E-state index contributed by atoms with van der Waals surface area (Å²) in [4.78, 5) is 2.36. The second-order valence-electron chi connectivity index (χ2n) is 5.74. The van der Waals surface area contributed by atoms with Gasteiger partial charge in [0.25, 0.3) is 0 Å². The molecule has 2 aromatic rings. The lowest BCUT2D eigenvalue weighted by atomic mass is 9.86. The van der Waals surface area contributed by atoms with Crippen molar-refractivity contribution in [2.24, 2.45) is 0 Å². The molecule has 0 aromatic heterocycles. The van der Waals surface area contributed by atoms with E-state index in [0.29, 0.717) is 11.8 Å². The molecule has 1 N–H and O–H groups in total. The molecule has 0 aliphatic heterocycles. The van der Waals surface area contributed by atoms with Gasteiger partial charge in [-0.15, -0.1) is 0 Å². The van der Waals surface area contributed by atoms with E-state index in [9.17, 15) is 5.11 Å². The molecule has 1 atom stereocenters. The molecule has 1 aliphatic rings. The minimum Gasteiger partial charge on any atom is -0.508 e. The van der Waals surface area contributed by atoms with Crippen LogP contribution in [0.1, 0.15) is 35.6 Å². The average Bonchev–Trinajstić information content (AvgIpc) is 2.45. The minimum atomic E-state index is 0.377.